The van der Waals surface area contributed by atoms with E-state index in [1.54, 1.807) is 6.66 Å². The van der Waals surface area contributed by atoms with E-state index in [9.17, 15) is 4.57 Å². The van der Waals surface area contributed by atoms with E-state index in [2.05, 4.69) is 6.92 Å². The summed E-state index contributed by atoms with van der Waals surface area (Å²) in [5.41, 5.74) is 2.49. The topological polar surface area (TPSA) is 17.1 Å². The lowest BCUT2D eigenvalue weighted by atomic mass is 10.1. The maximum absolute atomic E-state index is 10.9. The van der Waals surface area contributed by atoms with Crippen LogP contribution in [0.25, 0.3) is 0 Å². The molecule has 0 spiro atoms. The molecule has 0 bridgehead atoms. The van der Waals surface area contributed by atoms with Gasteiger partial charge in [0.2, 0.25) is 0 Å². The molecule has 0 amide bonds. The van der Waals surface area contributed by atoms with Gasteiger partial charge in [-0.1, -0.05) is 33.9 Å². The summed E-state index contributed by atoms with van der Waals surface area (Å²) in [4.78, 5) is 0. The van der Waals surface area contributed by atoms with Crippen molar-refractivity contribution in [2.45, 2.75) is 13.3 Å². The average molecular weight is 242 g/mol. The molecule has 1 atom stereocenters. The van der Waals surface area contributed by atoms with Gasteiger partial charge >= 0.3 is 7.80 Å². The Balaban J connectivity index is 2.58. The molecule has 0 radical (unpaired) electrons. The smallest absolute Gasteiger partial charge is 0.0843 e. The summed E-state index contributed by atoms with van der Waals surface area (Å²) in [6, 6.07) is 7.83. The largest absolute Gasteiger partial charge is 0.339 e. The highest BCUT2D eigenvalue weighted by Crippen LogP contribution is 2.16. The maximum Gasteiger partial charge on any atom is 0.339 e. The van der Waals surface area contributed by atoms with Gasteiger partial charge in [-0.2, -0.15) is 0 Å². The van der Waals surface area contributed by atoms with Crippen molar-refractivity contribution in [3.8, 4) is 0 Å². The predicted octanol–water partition coefficient (Wildman–Crippen LogP) is 4.29. The zero-order chi connectivity index (χ0) is 11.3. The third-order valence-electron chi connectivity index (χ3n) is 2.09. The van der Waals surface area contributed by atoms with Gasteiger partial charge in [0.1, 0.15) is 6.66 Å². The van der Waals surface area contributed by atoms with Crippen molar-refractivity contribution < 1.29 is 4.57 Å². The zero-order valence-corrected chi connectivity index (χ0v) is 10.7. The van der Waals surface area contributed by atoms with Crippen LogP contribution in [0.1, 0.15) is 12.5 Å². The molecule has 3 heteroatoms. The van der Waals surface area contributed by atoms with Crippen LogP contribution in [0.15, 0.2) is 35.9 Å². The maximum atomic E-state index is 10.9. The third-order valence-corrected chi connectivity index (χ3v) is 3.04. The fraction of sp³-hybridized carbons (Fsp3) is 0.333. The Labute approximate surface area is 96.9 Å². The minimum absolute atomic E-state index is 0.675. The number of rotatable bonds is 4. The lowest BCUT2D eigenvalue weighted by molar-refractivity contribution is 0.592. The van der Waals surface area contributed by atoms with Crippen LogP contribution in [0.4, 0.5) is 0 Å². The third kappa shape index (κ3) is 5.11. The first-order valence-corrected chi connectivity index (χ1v) is 7.13. The standard InChI is InChI=1S/C12H15ClOP/c1-10(7-8-15(2)14)9-11-3-5-12(13)6-4-11/h3-7H,8-9H2,1-2H3/q+1. The van der Waals surface area contributed by atoms with Gasteiger partial charge in [0.05, 0.1) is 0 Å². The van der Waals surface area contributed by atoms with Crippen molar-refractivity contribution in [3.05, 3.63) is 46.5 Å². The van der Waals surface area contributed by atoms with Crippen molar-refractivity contribution >= 4 is 19.4 Å². The molecule has 1 aromatic carbocycles. The summed E-state index contributed by atoms with van der Waals surface area (Å²) in [5.74, 6) is 0. The molecule has 80 valence electrons. The van der Waals surface area contributed by atoms with Crippen LogP contribution in [0.5, 0.6) is 0 Å². The molecule has 0 aliphatic carbocycles. The van der Waals surface area contributed by atoms with Crippen molar-refractivity contribution in [1.82, 2.24) is 0 Å². The molecule has 15 heavy (non-hydrogen) atoms. The van der Waals surface area contributed by atoms with Gasteiger partial charge in [0.25, 0.3) is 0 Å². The number of hydrogen-bond acceptors (Lipinski definition) is 1. The van der Waals surface area contributed by atoms with Crippen LogP contribution in [0.3, 0.4) is 0 Å². The van der Waals surface area contributed by atoms with Crippen LogP contribution < -0.4 is 0 Å². The van der Waals surface area contributed by atoms with Gasteiger partial charge in [-0.15, -0.1) is 0 Å². The molecule has 0 N–H and O–H groups in total. The molecule has 0 aliphatic heterocycles. The zero-order valence-electron chi connectivity index (χ0n) is 9.03. The minimum atomic E-state index is -1.06. The Morgan fingerprint density at radius 3 is 2.53 bits per heavy atom. The Hall–Kier alpha value is -0.650. The summed E-state index contributed by atoms with van der Waals surface area (Å²) in [6.45, 7) is 3.81. The van der Waals surface area contributed by atoms with Gasteiger partial charge in [-0.05, 0) is 37.1 Å². The molecule has 1 rings (SSSR count). The number of benzene rings is 1. The SMILES string of the molecule is CC(=CC[P+](C)=O)Cc1ccc(Cl)cc1. The molecular weight excluding hydrogens is 227 g/mol. The highest BCUT2D eigenvalue weighted by atomic mass is 35.5. The van der Waals surface area contributed by atoms with E-state index < -0.39 is 7.80 Å². The van der Waals surface area contributed by atoms with Crippen molar-refractivity contribution in [2.75, 3.05) is 12.8 Å². The normalized spacial score (nSPS) is 12.7. The first kappa shape index (κ1) is 12.4. The van der Waals surface area contributed by atoms with E-state index in [0.717, 1.165) is 11.4 Å². The molecular formula is C12H15ClOP+. The quantitative estimate of drug-likeness (QED) is 0.568. The fourth-order valence-corrected chi connectivity index (χ4v) is 1.98. The predicted molar refractivity (Wildman–Crippen MR) is 67.3 cm³/mol. The van der Waals surface area contributed by atoms with Gasteiger partial charge < -0.3 is 0 Å². The van der Waals surface area contributed by atoms with Crippen molar-refractivity contribution in [2.24, 2.45) is 0 Å². The fourth-order valence-electron chi connectivity index (χ4n) is 1.28. The van der Waals surface area contributed by atoms with Crippen LogP contribution in [0, 0.1) is 0 Å². The molecule has 0 aromatic heterocycles. The Morgan fingerprint density at radius 1 is 1.40 bits per heavy atom. The Kier molecular flexibility index (Phi) is 5.01. The first-order chi connectivity index (χ1) is 7.08. The van der Waals surface area contributed by atoms with Gasteiger partial charge in [-0.3, -0.25) is 0 Å². The lowest BCUT2D eigenvalue weighted by Gasteiger charge is -2.00. The summed E-state index contributed by atoms with van der Waals surface area (Å²) in [7, 11) is -1.06. The van der Waals surface area contributed by atoms with E-state index in [4.69, 9.17) is 11.6 Å². The van der Waals surface area contributed by atoms with E-state index >= 15 is 0 Å². The van der Waals surface area contributed by atoms with Gasteiger partial charge in [0.15, 0.2) is 6.16 Å². The number of hydrogen-bond donors (Lipinski definition) is 0. The average Bonchev–Trinajstić information content (AvgIpc) is 2.19. The molecule has 1 unspecified atom stereocenters. The van der Waals surface area contributed by atoms with Crippen LogP contribution >= 0.6 is 19.4 Å². The molecule has 0 saturated carbocycles. The molecule has 0 fully saturated rings. The van der Waals surface area contributed by atoms with E-state index in [0.29, 0.717) is 6.16 Å². The van der Waals surface area contributed by atoms with E-state index in [1.165, 1.54) is 11.1 Å². The second-order valence-electron chi connectivity index (χ2n) is 3.66. The molecule has 1 nitrogen and oxygen atoms in total. The van der Waals surface area contributed by atoms with Crippen LogP contribution in [-0.4, -0.2) is 12.8 Å². The van der Waals surface area contributed by atoms with Gasteiger partial charge in [-0.25, -0.2) is 0 Å². The number of halogens is 1. The molecule has 1 aromatic rings. The highest BCUT2D eigenvalue weighted by Gasteiger charge is 2.02. The molecule has 0 heterocycles. The van der Waals surface area contributed by atoms with Crippen molar-refractivity contribution in [1.29, 1.82) is 0 Å². The highest BCUT2D eigenvalue weighted by molar-refractivity contribution is 7.43. The minimum Gasteiger partial charge on any atom is -0.0843 e. The summed E-state index contributed by atoms with van der Waals surface area (Å²) >= 11 is 5.80. The molecule has 0 aliphatic rings. The summed E-state index contributed by atoms with van der Waals surface area (Å²) in [5, 5.41) is 0.761. The van der Waals surface area contributed by atoms with Crippen LogP contribution in [0.2, 0.25) is 5.02 Å². The lowest BCUT2D eigenvalue weighted by Crippen LogP contribution is -1.87. The summed E-state index contributed by atoms with van der Waals surface area (Å²) in [6.07, 6.45) is 3.63. The van der Waals surface area contributed by atoms with Crippen LogP contribution in [-0.2, 0) is 11.0 Å². The second-order valence-corrected chi connectivity index (χ2v) is 5.72. The van der Waals surface area contributed by atoms with Crippen molar-refractivity contribution in [3.63, 3.8) is 0 Å². The first-order valence-electron chi connectivity index (χ1n) is 4.86. The Bertz CT molecular complexity index is 368. The number of allylic oxidation sites excluding steroid dienone is 2. The van der Waals surface area contributed by atoms with Gasteiger partial charge in [0, 0.05) is 5.02 Å². The van der Waals surface area contributed by atoms with E-state index in [-0.39, 0.29) is 0 Å². The second kappa shape index (κ2) is 6.05. The summed E-state index contributed by atoms with van der Waals surface area (Å²) < 4.78 is 10.9. The monoisotopic (exact) mass is 241 g/mol. The Morgan fingerprint density at radius 2 is 2.00 bits per heavy atom. The van der Waals surface area contributed by atoms with E-state index in [1.807, 2.05) is 30.3 Å². The molecule has 0 saturated heterocycles.